The molecular formula is C21H20FN3O4. The number of anilines is 2. The summed E-state index contributed by atoms with van der Waals surface area (Å²) in [5.74, 6) is -0.847. The lowest BCUT2D eigenvalue weighted by Crippen LogP contribution is -2.47. The highest BCUT2D eigenvalue weighted by Crippen LogP contribution is 2.26. The van der Waals surface area contributed by atoms with E-state index in [0.29, 0.717) is 11.4 Å². The van der Waals surface area contributed by atoms with Gasteiger partial charge in [-0.15, -0.1) is 6.58 Å². The van der Waals surface area contributed by atoms with Crippen LogP contribution in [0, 0.1) is 5.82 Å². The van der Waals surface area contributed by atoms with Crippen molar-refractivity contribution in [1.29, 1.82) is 0 Å². The summed E-state index contributed by atoms with van der Waals surface area (Å²) < 4.78 is 18.2. The fraction of sp³-hybridized carbons (Fsp3) is 0.190. The van der Waals surface area contributed by atoms with Gasteiger partial charge in [0.15, 0.2) is 0 Å². The van der Waals surface area contributed by atoms with Crippen molar-refractivity contribution in [1.82, 2.24) is 4.90 Å². The third-order valence-electron chi connectivity index (χ3n) is 4.51. The summed E-state index contributed by atoms with van der Waals surface area (Å²) in [6.45, 7) is 3.70. The molecule has 0 spiro atoms. The van der Waals surface area contributed by atoms with Crippen LogP contribution in [-0.4, -0.2) is 42.4 Å². The van der Waals surface area contributed by atoms with Crippen LogP contribution in [0.15, 0.2) is 61.2 Å². The molecule has 4 amide bonds. The Morgan fingerprint density at radius 1 is 1.24 bits per heavy atom. The SMILES string of the molecule is C=CCN(C(=O)Nc1ccc(OC)cc1)C1CC(=O)N(c2ccc(F)cc2)C1=O. The minimum Gasteiger partial charge on any atom is -0.497 e. The topological polar surface area (TPSA) is 79.0 Å². The number of imide groups is 1. The predicted molar refractivity (Wildman–Crippen MR) is 106 cm³/mol. The summed E-state index contributed by atoms with van der Waals surface area (Å²) in [4.78, 5) is 40.4. The van der Waals surface area contributed by atoms with E-state index < -0.39 is 29.7 Å². The first-order valence-corrected chi connectivity index (χ1v) is 8.89. The molecule has 7 nitrogen and oxygen atoms in total. The second-order valence-electron chi connectivity index (χ2n) is 6.36. The molecule has 29 heavy (non-hydrogen) atoms. The number of nitrogens with zero attached hydrogens (tertiary/aromatic N) is 2. The molecule has 3 rings (SSSR count). The van der Waals surface area contributed by atoms with Gasteiger partial charge in [-0.2, -0.15) is 0 Å². The standard InChI is InChI=1S/C21H20FN3O4/c1-3-12-24(21(28)23-15-6-10-17(29-2)11-7-15)18-13-19(26)25(20(18)27)16-8-4-14(22)5-9-16/h3-11,18H,1,12-13H2,2H3,(H,23,28). The summed E-state index contributed by atoms with van der Waals surface area (Å²) in [5.41, 5.74) is 0.773. The molecule has 1 aliphatic heterocycles. The maximum atomic E-state index is 13.2. The number of halogens is 1. The van der Waals surface area contributed by atoms with Crippen LogP contribution in [0.2, 0.25) is 0 Å². The molecule has 1 aliphatic rings. The van der Waals surface area contributed by atoms with Crippen molar-refractivity contribution in [2.45, 2.75) is 12.5 Å². The summed E-state index contributed by atoms with van der Waals surface area (Å²) in [6, 6.07) is 10.2. The molecule has 1 saturated heterocycles. The number of hydrogen-bond donors (Lipinski definition) is 1. The average molecular weight is 397 g/mol. The fourth-order valence-electron chi connectivity index (χ4n) is 3.08. The van der Waals surface area contributed by atoms with E-state index in [9.17, 15) is 18.8 Å². The van der Waals surface area contributed by atoms with E-state index in [4.69, 9.17) is 4.74 Å². The van der Waals surface area contributed by atoms with Gasteiger partial charge in [-0.25, -0.2) is 14.1 Å². The number of rotatable bonds is 6. The monoisotopic (exact) mass is 397 g/mol. The van der Waals surface area contributed by atoms with Crippen LogP contribution in [0.1, 0.15) is 6.42 Å². The first-order chi connectivity index (χ1) is 13.9. The molecule has 0 bridgehead atoms. The van der Waals surface area contributed by atoms with E-state index in [1.165, 1.54) is 42.4 Å². The molecule has 0 radical (unpaired) electrons. The van der Waals surface area contributed by atoms with Gasteiger partial charge in [0.05, 0.1) is 19.2 Å². The Morgan fingerprint density at radius 2 is 1.90 bits per heavy atom. The van der Waals surface area contributed by atoms with Gasteiger partial charge in [0.2, 0.25) is 5.91 Å². The number of methoxy groups -OCH3 is 1. The number of urea groups is 1. The first-order valence-electron chi connectivity index (χ1n) is 8.89. The van der Waals surface area contributed by atoms with Crippen molar-refractivity contribution in [3.05, 3.63) is 67.0 Å². The summed E-state index contributed by atoms with van der Waals surface area (Å²) in [6.07, 6.45) is 1.31. The number of benzene rings is 2. The van der Waals surface area contributed by atoms with E-state index in [1.54, 1.807) is 24.3 Å². The average Bonchev–Trinajstić information content (AvgIpc) is 3.01. The molecule has 150 valence electrons. The second-order valence-corrected chi connectivity index (χ2v) is 6.36. The van der Waals surface area contributed by atoms with Crippen molar-refractivity contribution >= 4 is 29.2 Å². The molecule has 2 aromatic rings. The van der Waals surface area contributed by atoms with Gasteiger partial charge in [-0.05, 0) is 48.5 Å². The number of carbonyl (C=O) groups is 3. The molecule has 0 aliphatic carbocycles. The number of hydrogen-bond acceptors (Lipinski definition) is 4. The lowest BCUT2D eigenvalue weighted by molar-refractivity contribution is -0.122. The Bertz CT molecular complexity index is 928. The molecular weight excluding hydrogens is 377 g/mol. The number of ether oxygens (including phenoxy) is 1. The van der Waals surface area contributed by atoms with Crippen molar-refractivity contribution in [3.63, 3.8) is 0 Å². The molecule has 1 atom stereocenters. The van der Waals surface area contributed by atoms with Crippen molar-refractivity contribution in [2.24, 2.45) is 0 Å². The van der Waals surface area contributed by atoms with Gasteiger partial charge in [0.25, 0.3) is 5.91 Å². The summed E-state index contributed by atoms with van der Waals surface area (Å²) >= 11 is 0. The van der Waals surface area contributed by atoms with Crippen LogP contribution in [0.25, 0.3) is 0 Å². The maximum absolute atomic E-state index is 13.2. The van der Waals surface area contributed by atoms with Crippen LogP contribution in [-0.2, 0) is 9.59 Å². The molecule has 1 unspecified atom stereocenters. The smallest absolute Gasteiger partial charge is 0.322 e. The van der Waals surface area contributed by atoms with E-state index in [0.717, 1.165) is 4.90 Å². The Labute approximate surface area is 167 Å². The second kappa shape index (κ2) is 8.55. The zero-order chi connectivity index (χ0) is 21.0. The van der Waals surface area contributed by atoms with Crippen molar-refractivity contribution in [3.8, 4) is 5.75 Å². The predicted octanol–water partition coefficient (Wildman–Crippen LogP) is 3.19. The zero-order valence-electron chi connectivity index (χ0n) is 15.8. The van der Waals surface area contributed by atoms with Gasteiger partial charge >= 0.3 is 6.03 Å². The van der Waals surface area contributed by atoms with Crippen molar-refractivity contribution in [2.75, 3.05) is 23.9 Å². The number of nitrogens with one attached hydrogen (secondary N) is 1. The first kappa shape index (κ1) is 20.1. The highest BCUT2D eigenvalue weighted by Gasteiger charge is 2.44. The Morgan fingerprint density at radius 3 is 2.48 bits per heavy atom. The molecule has 8 heteroatoms. The summed E-state index contributed by atoms with van der Waals surface area (Å²) in [7, 11) is 1.54. The van der Waals surface area contributed by atoms with Crippen LogP contribution >= 0.6 is 0 Å². The van der Waals surface area contributed by atoms with Crippen LogP contribution in [0.4, 0.5) is 20.6 Å². The van der Waals surface area contributed by atoms with E-state index >= 15 is 0 Å². The molecule has 0 aromatic heterocycles. The zero-order valence-corrected chi connectivity index (χ0v) is 15.8. The number of carbonyl (C=O) groups excluding carboxylic acids is 3. The van der Waals surface area contributed by atoms with Gasteiger partial charge in [-0.3, -0.25) is 9.59 Å². The fourth-order valence-corrected chi connectivity index (χ4v) is 3.08. The highest BCUT2D eigenvalue weighted by molar-refractivity contribution is 6.23. The lowest BCUT2D eigenvalue weighted by Gasteiger charge is -2.26. The third-order valence-corrected chi connectivity index (χ3v) is 4.51. The largest absolute Gasteiger partial charge is 0.497 e. The minimum absolute atomic E-state index is 0.0724. The van der Waals surface area contributed by atoms with Crippen molar-refractivity contribution < 1.29 is 23.5 Å². The van der Waals surface area contributed by atoms with Gasteiger partial charge in [0, 0.05) is 12.2 Å². The molecule has 0 saturated carbocycles. The van der Waals surface area contributed by atoms with E-state index in [1.807, 2.05) is 0 Å². The quantitative estimate of drug-likeness (QED) is 0.600. The molecule has 1 heterocycles. The number of amides is 4. The molecule has 2 aromatic carbocycles. The van der Waals surface area contributed by atoms with E-state index in [2.05, 4.69) is 11.9 Å². The highest BCUT2D eigenvalue weighted by atomic mass is 19.1. The normalized spacial score (nSPS) is 15.9. The van der Waals surface area contributed by atoms with Crippen LogP contribution < -0.4 is 15.0 Å². The summed E-state index contributed by atoms with van der Waals surface area (Å²) in [5, 5.41) is 2.70. The Kier molecular flexibility index (Phi) is 5.92. The minimum atomic E-state index is -0.983. The lowest BCUT2D eigenvalue weighted by atomic mass is 10.2. The van der Waals surface area contributed by atoms with Gasteiger partial charge in [-0.1, -0.05) is 6.08 Å². The van der Waals surface area contributed by atoms with Crippen LogP contribution in [0.3, 0.4) is 0 Å². The Balaban J connectivity index is 1.79. The van der Waals surface area contributed by atoms with Crippen LogP contribution in [0.5, 0.6) is 5.75 Å². The van der Waals surface area contributed by atoms with Gasteiger partial charge < -0.3 is 15.0 Å². The maximum Gasteiger partial charge on any atom is 0.322 e. The van der Waals surface area contributed by atoms with Gasteiger partial charge in [0.1, 0.15) is 17.6 Å². The Hall–Kier alpha value is -3.68. The molecule has 1 fully saturated rings. The molecule has 1 N–H and O–H groups in total. The third kappa shape index (κ3) is 4.26. The van der Waals surface area contributed by atoms with E-state index in [-0.39, 0.29) is 18.7 Å².